The topological polar surface area (TPSA) is 83.7 Å². The minimum absolute atomic E-state index is 0.0176. The zero-order chi connectivity index (χ0) is 18.9. The SMILES string of the molecule is CCS(=O)(=O)N1CCCC(C(=O)N2CCS/C2=C/c2c(C)noc2C)C1. The second-order valence-electron chi connectivity index (χ2n) is 6.66. The van der Waals surface area contributed by atoms with Gasteiger partial charge in [-0.2, -0.15) is 0 Å². The van der Waals surface area contributed by atoms with Crippen molar-refractivity contribution >= 4 is 33.8 Å². The number of hydrogen-bond acceptors (Lipinski definition) is 6. The normalized spacial score (nSPS) is 23.7. The molecule has 0 saturated carbocycles. The molecule has 0 aromatic carbocycles. The maximum Gasteiger partial charge on any atom is 0.231 e. The molecule has 144 valence electrons. The smallest absolute Gasteiger partial charge is 0.231 e. The Morgan fingerprint density at radius 1 is 1.38 bits per heavy atom. The average Bonchev–Trinajstić information content (AvgIpc) is 3.23. The summed E-state index contributed by atoms with van der Waals surface area (Å²) in [5, 5.41) is 4.85. The Morgan fingerprint density at radius 3 is 2.81 bits per heavy atom. The lowest BCUT2D eigenvalue weighted by molar-refractivity contribution is -0.133. The molecule has 3 heterocycles. The molecule has 2 aliphatic heterocycles. The van der Waals surface area contributed by atoms with Gasteiger partial charge in [0.15, 0.2) is 0 Å². The van der Waals surface area contributed by atoms with Crippen LogP contribution in [0.4, 0.5) is 0 Å². The standard InChI is InChI=1S/C17H25N3O4S2/c1-4-26(22,23)19-7-5-6-14(11-19)17(21)20-8-9-25-16(20)10-15-12(2)18-24-13(15)3/h10,14H,4-9,11H2,1-3H3/b16-10+. The maximum atomic E-state index is 13.1. The molecule has 1 aromatic heterocycles. The van der Waals surface area contributed by atoms with Gasteiger partial charge in [0.05, 0.1) is 22.4 Å². The van der Waals surface area contributed by atoms with E-state index in [1.807, 2.05) is 19.9 Å². The summed E-state index contributed by atoms with van der Waals surface area (Å²) in [5.74, 6) is 1.38. The van der Waals surface area contributed by atoms with Gasteiger partial charge in [-0.3, -0.25) is 4.79 Å². The summed E-state index contributed by atoms with van der Waals surface area (Å²) in [7, 11) is -3.25. The van der Waals surface area contributed by atoms with Gasteiger partial charge in [0, 0.05) is 31.0 Å². The van der Waals surface area contributed by atoms with Gasteiger partial charge in [0.2, 0.25) is 15.9 Å². The molecule has 7 nitrogen and oxygen atoms in total. The van der Waals surface area contributed by atoms with Crippen LogP contribution in [0.25, 0.3) is 6.08 Å². The number of carbonyl (C=O) groups is 1. The summed E-state index contributed by atoms with van der Waals surface area (Å²) in [4.78, 5) is 14.9. The molecule has 0 aliphatic carbocycles. The van der Waals surface area contributed by atoms with E-state index in [0.29, 0.717) is 13.1 Å². The van der Waals surface area contributed by atoms with E-state index in [2.05, 4.69) is 5.16 Å². The third-order valence-electron chi connectivity index (χ3n) is 4.94. The molecule has 9 heteroatoms. The molecular formula is C17H25N3O4S2. The van der Waals surface area contributed by atoms with Crippen LogP contribution in [0.1, 0.15) is 36.8 Å². The summed E-state index contributed by atoms with van der Waals surface area (Å²) in [5.41, 5.74) is 1.71. The minimum Gasteiger partial charge on any atom is -0.361 e. The van der Waals surface area contributed by atoms with Crippen molar-refractivity contribution in [1.82, 2.24) is 14.4 Å². The Labute approximate surface area is 158 Å². The molecule has 3 rings (SSSR count). The fraction of sp³-hybridized carbons (Fsp3) is 0.647. The van der Waals surface area contributed by atoms with Gasteiger partial charge < -0.3 is 9.42 Å². The first-order valence-electron chi connectivity index (χ1n) is 8.90. The van der Waals surface area contributed by atoms with Crippen LogP contribution in [0, 0.1) is 19.8 Å². The zero-order valence-electron chi connectivity index (χ0n) is 15.4. The monoisotopic (exact) mass is 399 g/mol. The number of aromatic nitrogens is 1. The van der Waals surface area contributed by atoms with E-state index < -0.39 is 10.0 Å². The molecule has 0 N–H and O–H groups in total. The van der Waals surface area contributed by atoms with E-state index in [0.717, 1.165) is 40.6 Å². The first-order chi connectivity index (χ1) is 12.3. The number of carbonyl (C=O) groups excluding carboxylic acids is 1. The first kappa shape index (κ1) is 19.4. The van der Waals surface area contributed by atoms with Gasteiger partial charge in [0.1, 0.15) is 5.76 Å². The molecule has 0 bridgehead atoms. The lowest BCUT2D eigenvalue weighted by Crippen LogP contribution is -2.46. The Kier molecular flexibility index (Phi) is 5.78. The number of piperidine rings is 1. The van der Waals surface area contributed by atoms with Crippen LogP contribution in [-0.4, -0.2) is 59.8 Å². The van der Waals surface area contributed by atoms with Crippen molar-refractivity contribution in [2.24, 2.45) is 5.92 Å². The molecule has 1 amide bonds. The Balaban J connectivity index is 1.78. The maximum absolute atomic E-state index is 13.1. The number of sulfonamides is 1. The third kappa shape index (κ3) is 3.84. The fourth-order valence-corrected chi connectivity index (χ4v) is 5.59. The Bertz CT molecular complexity index is 796. The van der Waals surface area contributed by atoms with Crippen molar-refractivity contribution in [3.63, 3.8) is 0 Å². The summed E-state index contributed by atoms with van der Waals surface area (Å²) >= 11 is 1.63. The van der Waals surface area contributed by atoms with Gasteiger partial charge in [0.25, 0.3) is 0 Å². The van der Waals surface area contributed by atoms with Crippen LogP contribution in [0.15, 0.2) is 9.55 Å². The zero-order valence-corrected chi connectivity index (χ0v) is 17.0. The van der Waals surface area contributed by atoms with Crippen LogP contribution in [0.2, 0.25) is 0 Å². The second-order valence-corrected chi connectivity index (χ2v) is 10.0. The lowest BCUT2D eigenvalue weighted by Gasteiger charge is -2.33. The molecule has 2 saturated heterocycles. The summed E-state index contributed by atoms with van der Waals surface area (Å²) in [6.45, 7) is 6.82. The molecular weight excluding hydrogens is 374 g/mol. The van der Waals surface area contributed by atoms with Crippen molar-refractivity contribution < 1.29 is 17.7 Å². The molecule has 26 heavy (non-hydrogen) atoms. The van der Waals surface area contributed by atoms with Gasteiger partial charge >= 0.3 is 0 Å². The second kappa shape index (κ2) is 7.74. The van der Waals surface area contributed by atoms with Gasteiger partial charge in [-0.15, -0.1) is 11.8 Å². The van der Waals surface area contributed by atoms with Crippen molar-refractivity contribution in [1.29, 1.82) is 0 Å². The highest BCUT2D eigenvalue weighted by Crippen LogP contribution is 2.34. The van der Waals surface area contributed by atoms with E-state index in [-0.39, 0.29) is 24.1 Å². The molecule has 0 radical (unpaired) electrons. The predicted octanol–water partition coefficient (Wildman–Crippen LogP) is 2.23. The number of aryl methyl sites for hydroxylation is 2. The van der Waals surface area contributed by atoms with Crippen LogP contribution in [0.5, 0.6) is 0 Å². The lowest BCUT2D eigenvalue weighted by atomic mass is 9.98. The number of nitrogens with zero attached hydrogens (tertiary/aromatic N) is 3. The number of hydrogen-bond donors (Lipinski definition) is 0. The van der Waals surface area contributed by atoms with Gasteiger partial charge in [-0.1, -0.05) is 5.16 Å². The highest BCUT2D eigenvalue weighted by molar-refractivity contribution is 8.03. The molecule has 1 unspecified atom stereocenters. The van der Waals surface area contributed by atoms with Crippen molar-refractivity contribution in [2.75, 3.05) is 31.1 Å². The number of rotatable bonds is 4. The van der Waals surface area contributed by atoms with Crippen molar-refractivity contribution in [3.05, 3.63) is 22.0 Å². The van der Waals surface area contributed by atoms with Crippen LogP contribution < -0.4 is 0 Å². The number of thioether (sulfide) groups is 1. The average molecular weight is 400 g/mol. The van der Waals surface area contributed by atoms with Crippen molar-refractivity contribution in [3.8, 4) is 0 Å². The highest BCUT2D eigenvalue weighted by Gasteiger charge is 2.36. The molecule has 1 aromatic rings. The van der Waals surface area contributed by atoms with Crippen LogP contribution >= 0.6 is 11.8 Å². The van der Waals surface area contributed by atoms with Gasteiger partial charge in [-0.25, -0.2) is 12.7 Å². The molecule has 1 atom stereocenters. The van der Waals surface area contributed by atoms with E-state index in [9.17, 15) is 13.2 Å². The number of amides is 1. The molecule has 2 aliphatic rings. The van der Waals surface area contributed by atoms with Crippen LogP contribution in [0.3, 0.4) is 0 Å². The van der Waals surface area contributed by atoms with Crippen LogP contribution in [-0.2, 0) is 14.8 Å². The highest BCUT2D eigenvalue weighted by atomic mass is 32.2. The van der Waals surface area contributed by atoms with E-state index in [4.69, 9.17) is 4.52 Å². The largest absolute Gasteiger partial charge is 0.361 e. The predicted molar refractivity (Wildman–Crippen MR) is 102 cm³/mol. The molecule has 0 spiro atoms. The summed E-state index contributed by atoms with van der Waals surface area (Å²) in [6, 6.07) is 0. The van der Waals surface area contributed by atoms with E-state index in [1.165, 1.54) is 4.31 Å². The Hall–Kier alpha value is -1.32. The van der Waals surface area contributed by atoms with Gasteiger partial charge in [-0.05, 0) is 39.7 Å². The van der Waals surface area contributed by atoms with E-state index in [1.54, 1.807) is 23.6 Å². The third-order valence-corrected chi connectivity index (χ3v) is 7.81. The minimum atomic E-state index is -3.25. The fourth-order valence-electron chi connectivity index (χ4n) is 3.39. The van der Waals surface area contributed by atoms with Crippen molar-refractivity contribution in [2.45, 2.75) is 33.6 Å². The molecule has 2 fully saturated rings. The first-order valence-corrected chi connectivity index (χ1v) is 11.5. The summed E-state index contributed by atoms with van der Waals surface area (Å²) < 4.78 is 31.0. The summed E-state index contributed by atoms with van der Waals surface area (Å²) in [6.07, 6.45) is 3.41. The van der Waals surface area contributed by atoms with E-state index >= 15 is 0 Å². The Morgan fingerprint density at radius 2 is 2.15 bits per heavy atom. The quantitative estimate of drug-likeness (QED) is 0.772.